The number of hydrogen-bond donors (Lipinski definition) is 2. The van der Waals surface area contributed by atoms with Crippen molar-refractivity contribution >= 4 is 33.2 Å². The average molecular weight is 345 g/mol. The lowest BCUT2D eigenvalue weighted by molar-refractivity contribution is -0.121. The summed E-state index contributed by atoms with van der Waals surface area (Å²) in [6.07, 6.45) is 4.93. The Hall–Kier alpha value is -0.390. The molecule has 2 N–H and O–H groups in total. The van der Waals surface area contributed by atoms with Crippen LogP contribution in [0.25, 0.3) is 0 Å². The Morgan fingerprint density at radius 3 is 3.11 bits per heavy atom. The van der Waals surface area contributed by atoms with Crippen LogP contribution in [0.5, 0.6) is 0 Å². The Morgan fingerprint density at radius 1 is 1.53 bits per heavy atom. The van der Waals surface area contributed by atoms with Gasteiger partial charge in [-0.25, -0.2) is 0 Å². The topological polar surface area (TPSA) is 41.1 Å². The normalized spacial score (nSPS) is 18.7. The van der Waals surface area contributed by atoms with Crippen LogP contribution in [0.3, 0.4) is 0 Å². The van der Waals surface area contributed by atoms with Gasteiger partial charge < -0.3 is 10.6 Å². The molecule has 0 radical (unpaired) electrons. The molecule has 0 spiro atoms. The van der Waals surface area contributed by atoms with Gasteiger partial charge in [0.25, 0.3) is 0 Å². The smallest absolute Gasteiger partial charge is 0.220 e. The number of carbonyl (C=O) groups is 1. The van der Waals surface area contributed by atoms with Crippen LogP contribution in [0.15, 0.2) is 15.9 Å². The van der Waals surface area contributed by atoms with Gasteiger partial charge in [-0.2, -0.15) is 0 Å². The number of nitrogens with one attached hydrogen (secondary N) is 2. The van der Waals surface area contributed by atoms with Crippen LogP contribution in [0.2, 0.25) is 0 Å². The first kappa shape index (κ1) is 15.0. The lowest BCUT2D eigenvalue weighted by Crippen LogP contribution is -2.26. The van der Waals surface area contributed by atoms with Crippen LogP contribution in [0, 0.1) is 5.92 Å². The zero-order chi connectivity index (χ0) is 13.5. The lowest BCUT2D eigenvalue weighted by Gasteiger charge is -2.09. The maximum absolute atomic E-state index is 11.7. The number of aryl methyl sites for hydroxylation is 1. The predicted octanol–water partition coefficient (Wildman–Crippen LogP) is 2.95. The second-order valence-electron chi connectivity index (χ2n) is 5.06. The Kier molecular flexibility index (Phi) is 6.34. The molecule has 1 fully saturated rings. The Balaban J connectivity index is 1.52. The monoisotopic (exact) mass is 344 g/mol. The van der Waals surface area contributed by atoms with Gasteiger partial charge in [-0.15, -0.1) is 11.3 Å². The van der Waals surface area contributed by atoms with E-state index in [-0.39, 0.29) is 5.91 Å². The molecular formula is C14H21BrN2OS. The maximum Gasteiger partial charge on any atom is 0.220 e. The van der Waals surface area contributed by atoms with Gasteiger partial charge in [0.05, 0.1) is 3.79 Å². The summed E-state index contributed by atoms with van der Waals surface area (Å²) in [4.78, 5) is 13.0. The molecule has 1 saturated heterocycles. The van der Waals surface area contributed by atoms with Crippen molar-refractivity contribution in [2.45, 2.75) is 32.1 Å². The summed E-state index contributed by atoms with van der Waals surface area (Å²) < 4.78 is 1.16. The summed E-state index contributed by atoms with van der Waals surface area (Å²) in [7, 11) is 0. The van der Waals surface area contributed by atoms with Crippen molar-refractivity contribution in [1.29, 1.82) is 0 Å². The predicted molar refractivity (Wildman–Crippen MR) is 83.6 cm³/mol. The van der Waals surface area contributed by atoms with E-state index in [9.17, 15) is 4.79 Å². The maximum atomic E-state index is 11.7. The fourth-order valence-corrected chi connectivity index (χ4v) is 3.90. The quantitative estimate of drug-likeness (QED) is 0.798. The molecular weight excluding hydrogens is 324 g/mol. The highest BCUT2D eigenvalue weighted by atomic mass is 79.9. The minimum absolute atomic E-state index is 0.196. The third kappa shape index (κ3) is 5.63. The SMILES string of the molecule is O=C(CCCc1ccc(Br)s1)NCCC1CCNC1. The molecule has 3 nitrogen and oxygen atoms in total. The Bertz CT molecular complexity index is 402. The average Bonchev–Trinajstić information content (AvgIpc) is 3.01. The molecule has 106 valence electrons. The van der Waals surface area contributed by atoms with Crippen LogP contribution in [-0.4, -0.2) is 25.5 Å². The van der Waals surface area contributed by atoms with E-state index >= 15 is 0 Å². The van der Waals surface area contributed by atoms with Gasteiger partial charge in [0.15, 0.2) is 0 Å². The minimum Gasteiger partial charge on any atom is -0.356 e. The van der Waals surface area contributed by atoms with Crippen molar-refractivity contribution in [3.8, 4) is 0 Å². The van der Waals surface area contributed by atoms with E-state index < -0.39 is 0 Å². The molecule has 1 aromatic rings. The van der Waals surface area contributed by atoms with Gasteiger partial charge in [0.2, 0.25) is 5.91 Å². The summed E-state index contributed by atoms with van der Waals surface area (Å²) in [6, 6.07) is 4.19. The highest BCUT2D eigenvalue weighted by Gasteiger charge is 2.13. The molecule has 2 heterocycles. The second-order valence-corrected chi connectivity index (χ2v) is 7.60. The summed E-state index contributed by atoms with van der Waals surface area (Å²) in [5.74, 6) is 0.949. The number of rotatable bonds is 7. The van der Waals surface area contributed by atoms with E-state index in [0.717, 1.165) is 48.6 Å². The molecule has 0 saturated carbocycles. The van der Waals surface area contributed by atoms with Gasteiger partial charge in [0.1, 0.15) is 0 Å². The Labute approximate surface area is 127 Å². The summed E-state index contributed by atoms with van der Waals surface area (Å²) in [5.41, 5.74) is 0. The molecule has 0 aromatic carbocycles. The summed E-state index contributed by atoms with van der Waals surface area (Å²) in [5, 5.41) is 6.38. The molecule has 0 bridgehead atoms. The highest BCUT2D eigenvalue weighted by molar-refractivity contribution is 9.11. The van der Waals surface area contributed by atoms with Crippen molar-refractivity contribution in [1.82, 2.24) is 10.6 Å². The van der Waals surface area contributed by atoms with E-state index in [4.69, 9.17) is 0 Å². The number of hydrogen-bond acceptors (Lipinski definition) is 3. The van der Waals surface area contributed by atoms with Crippen LogP contribution in [0.4, 0.5) is 0 Å². The molecule has 5 heteroatoms. The van der Waals surface area contributed by atoms with Gasteiger partial charge >= 0.3 is 0 Å². The van der Waals surface area contributed by atoms with E-state index in [1.165, 1.54) is 11.3 Å². The third-order valence-corrected chi connectivity index (χ3v) is 5.18. The fourth-order valence-electron chi connectivity index (χ4n) is 2.37. The van der Waals surface area contributed by atoms with Crippen LogP contribution in [0.1, 0.15) is 30.6 Å². The Morgan fingerprint density at radius 2 is 2.42 bits per heavy atom. The van der Waals surface area contributed by atoms with Crippen molar-refractivity contribution in [2.75, 3.05) is 19.6 Å². The highest BCUT2D eigenvalue weighted by Crippen LogP contribution is 2.23. The van der Waals surface area contributed by atoms with E-state index in [2.05, 4.69) is 38.7 Å². The zero-order valence-electron chi connectivity index (χ0n) is 11.1. The van der Waals surface area contributed by atoms with Crippen LogP contribution in [-0.2, 0) is 11.2 Å². The molecule has 1 aliphatic rings. The van der Waals surface area contributed by atoms with E-state index in [1.54, 1.807) is 11.3 Å². The first-order valence-electron chi connectivity index (χ1n) is 6.95. The van der Waals surface area contributed by atoms with Gasteiger partial charge in [-0.3, -0.25) is 4.79 Å². The number of carbonyl (C=O) groups excluding carboxylic acids is 1. The van der Waals surface area contributed by atoms with Crippen LogP contribution < -0.4 is 10.6 Å². The number of halogens is 1. The number of amides is 1. The lowest BCUT2D eigenvalue weighted by atomic mass is 10.1. The molecule has 1 amide bonds. The minimum atomic E-state index is 0.196. The summed E-state index contributed by atoms with van der Waals surface area (Å²) in [6.45, 7) is 3.08. The van der Waals surface area contributed by atoms with Crippen molar-refractivity contribution in [2.24, 2.45) is 5.92 Å². The molecule has 19 heavy (non-hydrogen) atoms. The van der Waals surface area contributed by atoms with Gasteiger partial charge in [0, 0.05) is 17.8 Å². The third-order valence-electron chi connectivity index (χ3n) is 3.49. The molecule has 1 aliphatic heterocycles. The fraction of sp³-hybridized carbons (Fsp3) is 0.643. The standard InChI is InChI=1S/C14H21BrN2OS/c15-13-5-4-12(19-13)2-1-3-14(18)17-9-7-11-6-8-16-10-11/h4-5,11,16H,1-3,6-10H2,(H,17,18). The van der Waals surface area contributed by atoms with E-state index in [1.807, 2.05) is 0 Å². The molecule has 1 aromatic heterocycles. The first-order chi connectivity index (χ1) is 9.24. The van der Waals surface area contributed by atoms with Gasteiger partial charge in [-0.1, -0.05) is 0 Å². The summed E-state index contributed by atoms with van der Waals surface area (Å²) >= 11 is 5.21. The van der Waals surface area contributed by atoms with Crippen molar-refractivity contribution in [3.63, 3.8) is 0 Å². The second kappa shape index (κ2) is 8.02. The van der Waals surface area contributed by atoms with E-state index in [0.29, 0.717) is 6.42 Å². The molecule has 2 rings (SSSR count). The van der Waals surface area contributed by atoms with Crippen molar-refractivity contribution < 1.29 is 4.79 Å². The number of thiophene rings is 1. The van der Waals surface area contributed by atoms with Crippen LogP contribution >= 0.6 is 27.3 Å². The zero-order valence-corrected chi connectivity index (χ0v) is 13.5. The largest absolute Gasteiger partial charge is 0.356 e. The molecule has 1 atom stereocenters. The molecule has 1 unspecified atom stereocenters. The van der Waals surface area contributed by atoms with Crippen molar-refractivity contribution in [3.05, 3.63) is 20.8 Å². The molecule has 0 aliphatic carbocycles. The van der Waals surface area contributed by atoms with Gasteiger partial charge in [-0.05, 0) is 72.8 Å². The first-order valence-corrected chi connectivity index (χ1v) is 8.56.